The van der Waals surface area contributed by atoms with Gasteiger partial charge in [0.2, 0.25) is 0 Å². The third kappa shape index (κ3) is 7.09. The molecule has 11 rings (SSSR count). The van der Waals surface area contributed by atoms with E-state index in [4.69, 9.17) is 14.4 Å². The zero-order valence-electron chi connectivity index (χ0n) is 33.2. The van der Waals surface area contributed by atoms with E-state index in [0.717, 1.165) is 55.6 Å². The van der Waals surface area contributed by atoms with Gasteiger partial charge in [0.25, 0.3) is 0 Å². The fourth-order valence-electron chi connectivity index (χ4n) is 8.33. The Morgan fingerprint density at radius 3 is 1.15 bits per heavy atom. The van der Waals surface area contributed by atoms with Crippen molar-refractivity contribution in [1.29, 1.82) is 0 Å². The molecule has 3 heteroatoms. The summed E-state index contributed by atoms with van der Waals surface area (Å²) in [4.78, 5) is 10.3. The molecule has 9 aromatic carbocycles. The topological polar surface area (TPSA) is 38.9 Å². The average molecular weight is 779 g/mol. The van der Waals surface area contributed by atoms with Gasteiger partial charge in [-0.1, -0.05) is 188 Å². The van der Waals surface area contributed by atoms with Crippen LogP contribution in [0, 0.1) is 0 Å². The predicted octanol–water partition coefficient (Wildman–Crippen LogP) is 15.7. The van der Waals surface area contributed by atoms with Crippen molar-refractivity contribution >= 4 is 22.1 Å². The van der Waals surface area contributed by atoms with Crippen LogP contribution in [0.2, 0.25) is 0 Å². The Morgan fingerprint density at radius 2 is 0.623 bits per heavy atom. The molecule has 0 aliphatic heterocycles. The molecule has 0 atom stereocenters. The summed E-state index contributed by atoms with van der Waals surface area (Å²) < 4.78 is 6.45. The lowest BCUT2D eigenvalue weighted by Gasteiger charge is -2.12. The molecule has 2 heterocycles. The number of hydrogen-bond acceptors (Lipinski definition) is 3. The van der Waals surface area contributed by atoms with Crippen LogP contribution in [0.3, 0.4) is 0 Å². The van der Waals surface area contributed by atoms with E-state index in [1.54, 1.807) is 0 Å². The molecule has 0 radical (unpaired) electrons. The van der Waals surface area contributed by atoms with Gasteiger partial charge in [-0.25, -0.2) is 9.97 Å². The lowest BCUT2D eigenvalue weighted by atomic mass is 9.92. The van der Waals surface area contributed by atoms with E-state index < -0.39 is 0 Å². The predicted molar refractivity (Wildman–Crippen MR) is 253 cm³/mol. The number of furan rings is 1. The van der Waals surface area contributed by atoms with Crippen LogP contribution in [0.25, 0.3) is 111 Å². The van der Waals surface area contributed by atoms with Gasteiger partial charge in [0.05, 0.1) is 0 Å². The summed E-state index contributed by atoms with van der Waals surface area (Å²) in [5.41, 5.74) is 19.1. The summed E-state index contributed by atoms with van der Waals surface area (Å²) in [6, 6.07) is 81.4. The van der Waals surface area contributed by atoms with Gasteiger partial charge in [-0.3, -0.25) is 0 Å². The quantitative estimate of drug-likeness (QED) is 0.154. The lowest BCUT2D eigenvalue weighted by molar-refractivity contribution is 0.667. The highest BCUT2D eigenvalue weighted by atomic mass is 16.3. The third-order valence-electron chi connectivity index (χ3n) is 11.5. The second-order valence-corrected chi connectivity index (χ2v) is 15.4. The fourth-order valence-corrected chi connectivity index (χ4v) is 8.33. The minimum atomic E-state index is 0.657. The second-order valence-electron chi connectivity index (χ2n) is 15.4. The Bertz CT molecular complexity index is 3260. The van der Waals surface area contributed by atoms with E-state index >= 15 is 0 Å². The summed E-state index contributed by atoms with van der Waals surface area (Å²) in [6.45, 7) is 0. The van der Waals surface area contributed by atoms with Crippen molar-refractivity contribution in [3.05, 3.63) is 231 Å². The molecule has 0 aliphatic carbocycles. The average Bonchev–Trinajstić information content (AvgIpc) is 3.73. The molecule has 11 aromatic rings. The molecule has 0 aliphatic rings. The lowest BCUT2D eigenvalue weighted by Crippen LogP contribution is -1.94. The van der Waals surface area contributed by atoms with Gasteiger partial charge in [-0.15, -0.1) is 0 Å². The first kappa shape index (κ1) is 36.0. The van der Waals surface area contributed by atoms with Gasteiger partial charge in [-0.2, -0.15) is 0 Å². The maximum atomic E-state index is 6.45. The van der Waals surface area contributed by atoms with Crippen LogP contribution < -0.4 is 0 Å². The standard InChI is InChI=1S/C58H38N2O/c1-4-14-39(15-5-1)48-22-13-23-49(35-48)55-57-56(53-24-10-11-25-54(53)61-57)60-58(59-55)45-32-30-43(31-33-45)47-21-12-20-46(34-47)42-26-28-44(29-27-42)52-37-50(40-16-6-2-7-17-40)36-51(38-52)41-18-8-3-9-19-41/h1-38H. The van der Waals surface area contributed by atoms with Crippen molar-refractivity contribution in [1.82, 2.24) is 9.97 Å². The zero-order valence-corrected chi connectivity index (χ0v) is 33.2. The Kier molecular flexibility index (Phi) is 9.18. The number of hydrogen-bond donors (Lipinski definition) is 0. The normalized spacial score (nSPS) is 11.3. The number of aromatic nitrogens is 2. The van der Waals surface area contributed by atoms with Crippen molar-refractivity contribution in [2.24, 2.45) is 0 Å². The Labute approximate surface area is 354 Å². The first-order valence-electron chi connectivity index (χ1n) is 20.6. The van der Waals surface area contributed by atoms with E-state index in [9.17, 15) is 0 Å². The molecule has 286 valence electrons. The highest BCUT2D eigenvalue weighted by Gasteiger charge is 2.19. The Balaban J connectivity index is 0.908. The van der Waals surface area contributed by atoms with E-state index in [1.807, 2.05) is 24.3 Å². The number of fused-ring (bicyclic) bond motifs is 3. The summed E-state index contributed by atoms with van der Waals surface area (Å²) in [6.07, 6.45) is 0. The largest absolute Gasteiger partial charge is 0.452 e. The molecule has 0 fully saturated rings. The summed E-state index contributed by atoms with van der Waals surface area (Å²) >= 11 is 0. The Hall–Kier alpha value is -8.14. The maximum absolute atomic E-state index is 6.45. The zero-order chi connectivity index (χ0) is 40.5. The SMILES string of the molecule is c1ccc(-c2cc(-c3ccccc3)cc(-c3ccc(-c4cccc(-c5ccc(-c6nc(-c7cccc(-c8ccccc8)c7)c7oc8ccccc8c7n6)cc5)c4)cc3)c2)cc1. The molecular formula is C58H38N2O. The van der Waals surface area contributed by atoms with Crippen LogP contribution in [0.4, 0.5) is 0 Å². The van der Waals surface area contributed by atoms with E-state index in [2.05, 4.69) is 206 Å². The molecule has 0 bridgehead atoms. The fraction of sp³-hybridized carbons (Fsp3) is 0. The molecule has 61 heavy (non-hydrogen) atoms. The molecule has 0 unspecified atom stereocenters. The molecule has 0 saturated carbocycles. The van der Waals surface area contributed by atoms with Crippen LogP contribution in [0.1, 0.15) is 0 Å². The number of para-hydroxylation sites is 1. The van der Waals surface area contributed by atoms with Crippen LogP contribution in [-0.4, -0.2) is 9.97 Å². The van der Waals surface area contributed by atoms with Crippen molar-refractivity contribution in [3.63, 3.8) is 0 Å². The van der Waals surface area contributed by atoms with Gasteiger partial charge in [0.1, 0.15) is 16.8 Å². The molecular weight excluding hydrogens is 741 g/mol. The number of nitrogens with zero attached hydrogens (tertiary/aromatic N) is 2. The number of rotatable bonds is 8. The second kappa shape index (κ2) is 15.6. The monoisotopic (exact) mass is 778 g/mol. The van der Waals surface area contributed by atoms with Gasteiger partial charge in [0, 0.05) is 16.5 Å². The first-order valence-corrected chi connectivity index (χ1v) is 20.6. The highest BCUT2D eigenvalue weighted by molar-refractivity contribution is 6.07. The van der Waals surface area contributed by atoms with Gasteiger partial charge in [-0.05, 0) is 109 Å². The van der Waals surface area contributed by atoms with Gasteiger partial charge >= 0.3 is 0 Å². The van der Waals surface area contributed by atoms with Crippen molar-refractivity contribution in [2.45, 2.75) is 0 Å². The van der Waals surface area contributed by atoms with E-state index in [0.29, 0.717) is 11.4 Å². The summed E-state index contributed by atoms with van der Waals surface area (Å²) in [5, 5.41) is 0.973. The Morgan fingerprint density at radius 1 is 0.262 bits per heavy atom. The van der Waals surface area contributed by atoms with Crippen LogP contribution in [0.15, 0.2) is 235 Å². The minimum absolute atomic E-state index is 0.657. The molecule has 0 amide bonds. The molecule has 0 saturated heterocycles. The van der Waals surface area contributed by atoms with Gasteiger partial charge in [0.15, 0.2) is 11.4 Å². The summed E-state index contributed by atoms with van der Waals surface area (Å²) in [5.74, 6) is 0.657. The summed E-state index contributed by atoms with van der Waals surface area (Å²) in [7, 11) is 0. The van der Waals surface area contributed by atoms with Crippen LogP contribution in [-0.2, 0) is 0 Å². The smallest absolute Gasteiger partial charge is 0.180 e. The van der Waals surface area contributed by atoms with Crippen LogP contribution >= 0.6 is 0 Å². The molecule has 0 N–H and O–H groups in total. The van der Waals surface area contributed by atoms with E-state index in [1.165, 1.54) is 44.5 Å². The highest BCUT2D eigenvalue weighted by Crippen LogP contribution is 2.38. The van der Waals surface area contributed by atoms with Crippen LogP contribution in [0.5, 0.6) is 0 Å². The third-order valence-corrected chi connectivity index (χ3v) is 11.5. The minimum Gasteiger partial charge on any atom is -0.452 e. The van der Waals surface area contributed by atoms with E-state index in [-0.39, 0.29) is 0 Å². The number of benzene rings is 9. The molecule has 3 nitrogen and oxygen atoms in total. The van der Waals surface area contributed by atoms with Crippen molar-refractivity contribution < 1.29 is 4.42 Å². The van der Waals surface area contributed by atoms with Crippen molar-refractivity contribution in [3.8, 4) is 89.4 Å². The molecule has 2 aromatic heterocycles. The maximum Gasteiger partial charge on any atom is 0.180 e. The van der Waals surface area contributed by atoms with Crippen molar-refractivity contribution in [2.75, 3.05) is 0 Å². The first-order chi connectivity index (χ1) is 30.2. The van der Waals surface area contributed by atoms with Gasteiger partial charge < -0.3 is 4.42 Å². The molecule has 0 spiro atoms.